The van der Waals surface area contributed by atoms with Crippen molar-refractivity contribution in [3.8, 4) is 0 Å². The van der Waals surface area contributed by atoms with Crippen LogP contribution in [0.2, 0.25) is 0 Å². The van der Waals surface area contributed by atoms with Gasteiger partial charge in [0.25, 0.3) is 11.8 Å². The smallest absolute Gasteiger partial charge is 0.410 e. The molecule has 3 heterocycles. The van der Waals surface area contributed by atoms with Crippen LogP contribution in [0.15, 0.2) is 29.2 Å². The van der Waals surface area contributed by atoms with Crippen molar-refractivity contribution in [1.82, 2.24) is 19.4 Å². The SMILES string of the molecule is CCOC(=O)N1CCc2c(sc(NC(=O)c3ccc(S(=O)(=O)N4CC(C)OC(C)C4)cc3)c2C(=O)NC(=O)N(C)C)C1. The molecule has 0 spiro atoms. The zero-order valence-electron chi connectivity index (χ0n) is 24.1. The van der Waals surface area contributed by atoms with Gasteiger partial charge in [0.2, 0.25) is 10.0 Å². The molecule has 2 N–H and O–H groups in total. The fraction of sp³-hybridized carbons (Fsp3) is 0.481. The third-order valence-corrected chi connectivity index (χ3v) is 9.78. The molecule has 42 heavy (non-hydrogen) atoms. The topological polar surface area (TPSA) is 155 Å². The lowest BCUT2D eigenvalue weighted by Crippen LogP contribution is -2.48. The maximum atomic E-state index is 13.3. The van der Waals surface area contributed by atoms with Gasteiger partial charge in [0.05, 0.1) is 35.8 Å². The Hall–Kier alpha value is -3.53. The highest BCUT2D eigenvalue weighted by Crippen LogP contribution is 2.37. The molecule has 4 rings (SSSR count). The first-order valence-electron chi connectivity index (χ1n) is 13.5. The van der Waals surface area contributed by atoms with Crippen LogP contribution in [0.5, 0.6) is 0 Å². The Morgan fingerprint density at radius 1 is 1.07 bits per heavy atom. The number of thiophene rings is 1. The first-order chi connectivity index (χ1) is 19.8. The van der Waals surface area contributed by atoms with Gasteiger partial charge in [-0.3, -0.25) is 14.9 Å². The molecule has 2 atom stereocenters. The van der Waals surface area contributed by atoms with E-state index in [1.807, 2.05) is 13.8 Å². The maximum absolute atomic E-state index is 13.3. The highest BCUT2D eigenvalue weighted by atomic mass is 32.2. The molecular weight excluding hydrogens is 586 g/mol. The van der Waals surface area contributed by atoms with E-state index in [1.54, 1.807) is 6.92 Å². The van der Waals surface area contributed by atoms with E-state index in [0.717, 1.165) is 11.3 Å². The molecule has 13 nitrogen and oxygen atoms in total. The predicted molar refractivity (Wildman–Crippen MR) is 155 cm³/mol. The summed E-state index contributed by atoms with van der Waals surface area (Å²) in [5.41, 5.74) is 0.958. The zero-order chi connectivity index (χ0) is 30.8. The summed E-state index contributed by atoms with van der Waals surface area (Å²) in [5.74, 6) is -1.25. The Balaban J connectivity index is 1.58. The van der Waals surface area contributed by atoms with Crippen LogP contribution in [-0.2, 0) is 32.5 Å². The number of amides is 5. The van der Waals surface area contributed by atoms with Gasteiger partial charge < -0.3 is 24.6 Å². The Morgan fingerprint density at radius 2 is 1.71 bits per heavy atom. The lowest BCUT2D eigenvalue weighted by atomic mass is 10.0. The van der Waals surface area contributed by atoms with E-state index in [0.29, 0.717) is 23.4 Å². The molecule has 2 aliphatic heterocycles. The number of urea groups is 1. The molecule has 1 aromatic carbocycles. The minimum absolute atomic E-state index is 0.0493. The summed E-state index contributed by atoms with van der Waals surface area (Å²) in [6.07, 6.45) is -0.639. The largest absolute Gasteiger partial charge is 0.450 e. The Labute approximate surface area is 248 Å². The van der Waals surface area contributed by atoms with Gasteiger partial charge in [-0.15, -0.1) is 11.3 Å². The zero-order valence-corrected chi connectivity index (χ0v) is 25.8. The Bertz CT molecular complexity index is 1460. The van der Waals surface area contributed by atoms with Crippen LogP contribution in [-0.4, -0.2) is 99.0 Å². The van der Waals surface area contributed by atoms with Crippen LogP contribution in [0.25, 0.3) is 0 Å². The summed E-state index contributed by atoms with van der Waals surface area (Å²) >= 11 is 1.13. The van der Waals surface area contributed by atoms with E-state index < -0.39 is 34.0 Å². The number of morpholine rings is 1. The monoisotopic (exact) mass is 621 g/mol. The molecule has 5 amide bonds. The first-order valence-corrected chi connectivity index (χ1v) is 15.7. The van der Waals surface area contributed by atoms with E-state index in [4.69, 9.17) is 9.47 Å². The maximum Gasteiger partial charge on any atom is 0.410 e. The second kappa shape index (κ2) is 12.8. The number of fused-ring (bicyclic) bond motifs is 1. The first kappa shape index (κ1) is 31.4. The van der Waals surface area contributed by atoms with Gasteiger partial charge in [-0.2, -0.15) is 4.31 Å². The van der Waals surface area contributed by atoms with Crippen molar-refractivity contribution < 1.29 is 37.1 Å². The van der Waals surface area contributed by atoms with Crippen LogP contribution in [0.4, 0.5) is 14.6 Å². The summed E-state index contributed by atoms with van der Waals surface area (Å²) in [7, 11) is -0.801. The van der Waals surface area contributed by atoms with Crippen molar-refractivity contribution in [3.05, 3.63) is 45.8 Å². The van der Waals surface area contributed by atoms with E-state index >= 15 is 0 Å². The molecule has 0 aliphatic carbocycles. The molecule has 0 radical (unpaired) electrons. The summed E-state index contributed by atoms with van der Waals surface area (Å²) in [6, 6.07) is 4.92. The number of nitrogens with zero attached hydrogens (tertiary/aromatic N) is 3. The van der Waals surface area contributed by atoms with Crippen molar-refractivity contribution >= 4 is 50.3 Å². The quantitative estimate of drug-likeness (QED) is 0.499. The van der Waals surface area contributed by atoms with Crippen molar-refractivity contribution in [2.45, 2.75) is 50.8 Å². The molecule has 1 aromatic heterocycles. The van der Waals surface area contributed by atoms with Crippen LogP contribution in [0.3, 0.4) is 0 Å². The van der Waals surface area contributed by atoms with Crippen LogP contribution in [0, 0.1) is 0 Å². The Morgan fingerprint density at radius 3 is 2.31 bits per heavy atom. The number of rotatable bonds is 6. The van der Waals surface area contributed by atoms with Crippen LogP contribution >= 0.6 is 11.3 Å². The molecule has 0 saturated carbocycles. The second-order valence-corrected chi connectivity index (χ2v) is 13.3. The van der Waals surface area contributed by atoms with E-state index in [9.17, 15) is 27.6 Å². The molecule has 228 valence electrons. The number of imide groups is 1. The van der Waals surface area contributed by atoms with Gasteiger partial charge in [-0.05, 0) is 57.0 Å². The van der Waals surface area contributed by atoms with Crippen molar-refractivity contribution in [2.75, 3.05) is 45.7 Å². The van der Waals surface area contributed by atoms with Gasteiger partial charge in [-0.25, -0.2) is 18.0 Å². The number of nitrogens with one attached hydrogen (secondary N) is 2. The van der Waals surface area contributed by atoms with E-state index in [1.165, 1.54) is 52.5 Å². The van der Waals surface area contributed by atoms with Crippen molar-refractivity contribution in [3.63, 3.8) is 0 Å². The second-order valence-electron chi connectivity index (χ2n) is 10.3. The summed E-state index contributed by atoms with van der Waals surface area (Å²) in [4.78, 5) is 54.5. The fourth-order valence-electron chi connectivity index (χ4n) is 4.80. The number of carbonyl (C=O) groups is 4. The van der Waals surface area contributed by atoms with Crippen LogP contribution in [0.1, 0.15) is 51.9 Å². The standard InChI is InChI=1S/C27H35N5O8S2/c1-6-39-27(36)31-12-11-20-21(15-31)41-25(22(20)24(34)29-26(35)30(4)5)28-23(33)18-7-9-19(10-8-18)42(37,38)32-13-16(2)40-17(3)14-32/h7-10,16-17H,6,11-15H2,1-5H3,(H,28,33)(H,29,34,35). The molecule has 1 saturated heterocycles. The van der Waals surface area contributed by atoms with Gasteiger partial charge in [0.1, 0.15) is 5.00 Å². The fourth-order valence-corrected chi connectivity index (χ4v) is 7.65. The number of anilines is 1. The lowest BCUT2D eigenvalue weighted by Gasteiger charge is -2.34. The molecular formula is C27H35N5O8S2. The number of benzene rings is 1. The number of sulfonamides is 1. The number of hydrogen-bond acceptors (Lipinski definition) is 9. The summed E-state index contributed by atoms with van der Waals surface area (Å²) in [5, 5.41) is 5.29. The van der Waals surface area contributed by atoms with Gasteiger partial charge >= 0.3 is 12.1 Å². The molecule has 0 bridgehead atoms. The summed E-state index contributed by atoms with van der Waals surface area (Å²) in [6.45, 7) is 6.50. The Kier molecular flexibility index (Phi) is 9.55. The average molecular weight is 622 g/mol. The molecule has 2 unspecified atom stereocenters. The van der Waals surface area contributed by atoms with Gasteiger partial charge in [0, 0.05) is 44.2 Å². The van der Waals surface area contributed by atoms with Crippen LogP contribution < -0.4 is 10.6 Å². The van der Waals surface area contributed by atoms with Crippen molar-refractivity contribution in [2.24, 2.45) is 0 Å². The average Bonchev–Trinajstić information content (AvgIpc) is 3.29. The minimum Gasteiger partial charge on any atom is -0.450 e. The lowest BCUT2D eigenvalue weighted by molar-refractivity contribution is -0.0440. The third kappa shape index (κ3) is 6.75. The van der Waals surface area contributed by atoms with E-state index in [-0.39, 0.29) is 59.5 Å². The number of carbonyl (C=O) groups excluding carboxylic acids is 4. The summed E-state index contributed by atoms with van der Waals surface area (Å²) < 4.78 is 38.5. The number of hydrogen-bond donors (Lipinski definition) is 2. The normalized spacial score (nSPS) is 19.0. The molecule has 1 fully saturated rings. The molecule has 15 heteroatoms. The van der Waals surface area contributed by atoms with Crippen molar-refractivity contribution in [1.29, 1.82) is 0 Å². The molecule has 2 aliphatic rings. The van der Waals surface area contributed by atoms with Gasteiger partial charge in [0.15, 0.2) is 0 Å². The van der Waals surface area contributed by atoms with Gasteiger partial charge in [-0.1, -0.05) is 0 Å². The minimum atomic E-state index is -3.79. The predicted octanol–water partition coefficient (Wildman–Crippen LogP) is 2.72. The number of ether oxygens (including phenoxy) is 2. The van der Waals surface area contributed by atoms with E-state index in [2.05, 4.69) is 10.6 Å². The highest BCUT2D eigenvalue weighted by molar-refractivity contribution is 7.89. The molecule has 2 aromatic rings. The third-order valence-electron chi connectivity index (χ3n) is 6.80. The highest BCUT2D eigenvalue weighted by Gasteiger charge is 2.33.